The van der Waals surface area contributed by atoms with Crippen LogP contribution in [0.4, 0.5) is 4.79 Å². The number of urea groups is 1. The van der Waals surface area contributed by atoms with E-state index in [0.29, 0.717) is 25.9 Å². The van der Waals surface area contributed by atoms with E-state index in [2.05, 4.69) is 10.6 Å². The third-order valence-corrected chi connectivity index (χ3v) is 3.46. The number of benzene rings is 1. The third kappa shape index (κ3) is 3.39. The lowest BCUT2D eigenvalue weighted by atomic mass is 9.85. The van der Waals surface area contributed by atoms with Gasteiger partial charge in [-0.15, -0.1) is 0 Å². The van der Waals surface area contributed by atoms with E-state index in [0.717, 1.165) is 5.56 Å². The number of rotatable bonds is 6. The van der Waals surface area contributed by atoms with Crippen LogP contribution in [0, 0.1) is 0 Å². The number of amides is 3. The van der Waals surface area contributed by atoms with E-state index in [1.807, 2.05) is 30.3 Å². The number of esters is 1. The first-order valence-electron chi connectivity index (χ1n) is 6.87. The van der Waals surface area contributed by atoms with Crippen LogP contribution in [0.3, 0.4) is 0 Å². The Kier molecular flexibility index (Phi) is 4.57. The van der Waals surface area contributed by atoms with Crippen LogP contribution in [0.25, 0.3) is 0 Å². The number of nitrogens with one attached hydrogen (secondary N) is 2. The maximum Gasteiger partial charge on any atom is 0.322 e. The van der Waals surface area contributed by atoms with Crippen molar-refractivity contribution in [1.82, 2.24) is 10.6 Å². The molecule has 1 aliphatic heterocycles. The molecule has 6 nitrogen and oxygen atoms in total. The molecule has 1 aliphatic rings. The lowest BCUT2D eigenvalue weighted by molar-refractivity contribution is -0.141. The van der Waals surface area contributed by atoms with Gasteiger partial charge in [0.05, 0.1) is 6.61 Å². The summed E-state index contributed by atoms with van der Waals surface area (Å²) in [4.78, 5) is 34.4. The molecule has 21 heavy (non-hydrogen) atoms. The highest BCUT2D eigenvalue weighted by molar-refractivity contribution is 6.07. The zero-order valence-electron chi connectivity index (χ0n) is 11.8. The van der Waals surface area contributed by atoms with E-state index in [9.17, 15) is 14.4 Å². The van der Waals surface area contributed by atoms with E-state index >= 15 is 0 Å². The molecular weight excluding hydrogens is 272 g/mol. The van der Waals surface area contributed by atoms with Crippen molar-refractivity contribution < 1.29 is 19.1 Å². The fourth-order valence-electron chi connectivity index (χ4n) is 2.45. The van der Waals surface area contributed by atoms with E-state index in [4.69, 9.17) is 4.74 Å². The van der Waals surface area contributed by atoms with Crippen LogP contribution in [0.1, 0.15) is 31.7 Å². The highest BCUT2D eigenvalue weighted by Crippen LogP contribution is 2.30. The summed E-state index contributed by atoms with van der Waals surface area (Å²) in [5.74, 6) is -0.661. The first-order valence-corrected chi connectivity index (χ1v) is 6.87. The smallest absolute Gasteiger partial charge is 0.322 e. The summed E-state index contributed by atoms with van der Waals surface area (Å²) >= 11 is 0. The fraction of sp³-hybridized carbons (Fsp3) is 0.400. The molecule has 112 valence electrons. The number of hydrogen-bond donors (Lipinski definition) is 2. The lowest BCUT2D eigenvalue weighted by Crippen LogP contribution is -2.43. The summed E-state index contributed by atoms with van der Waals surface area (Å²) in [6, 6.07) is 8.66. The Morgan fingerprint density at radius 3 is 2.48 bits per heavy atom. The zero-order chi connectivity index (χ0) is 15.3. The van der Waals surface area contributed by atoms with E-state index in [1.54, 1.807) is 0 Å². The number of imide groups is 1. The Balaban J connectivity index is 2.06. The van der Waals surface area contributed by atoms with E-state index in [1.165, 1.54) is 6.92 Å². The number of carbonyl (C=O) groups excluding carboxylic acids is 3. The second-order valence-electron chi connectivity index (χ2n) is 4.98. The minimum atomic E-state index is -1.03. The van der Waals surface area contributed by atoms with Gasteiger partial charge in [-0.3, -0.25) is 14.9 Å². The van der Waals surface area contributed by atoms with Crippen LogP contribution < -0.4 is 10.6 Å². The molecule has 0 aliphatic carbocycles. The molecule has 0 aromatic heterocycles. The van der Waals surface area contributed by atoms with Gasteiger partial charge in [0.2, 0.25) is 0 Å². The molecule has 0 bridgehead atoms. The van der Waals surface area contributed by atoms with Crippen molar-refractivity contribution in [2.45, 2.75) is 31.7 Å². The summed E-state index contributed by atoms with van der Waals surface area (Å²) in [6.45, 7) is 1.67. The van der Waals surface area contributed by atoms with Gasteiger partial charge in [-0.25, -0.2) is 4.79 Å². The van der Waals surface area contributed by atoms with Gasteiger partial charge in [-0.2, -0.15) is 0 Å². The van der Waals surface area contributed by atoms with Gasteiger partial charge in [0.15, 0.2) is 0 Å². The van der Waals surface area contributed by atoms with Crippen LogP contribution in [-0.4, -0.2) is 24.5 Å². The molecule has 1 unspecified atom stereocenters. The Bertz CT molecular complexity index is 544. The average Bonchev–Trinajstić information content (AvgIpc) is 2.74. The van der Waals surface area contributed by atoms with Crippen LogP contribution in [0.15, 0.2) is 30.3 Å². The Hall–Kier alpha value is -2.37. The van der Waals surface area contributed by atoms with Crippen molar-refractivity contribution in [3.8, 4) is 0 Å². The summed E-state index contributed by atoms with van der Waals surface area (Å²) < 4.78 is 4.87. The molecule has 1 aromatic rings. The highest BCUT2D eigenvalue weighted by atomic mass is 16.5. The molecule has 0 saturated carbocycles. The molecule has 1 fully saturated rings. The highest BCUT2D eigenvalue weighted by Gasteiger charge is 2.46. The molecule has 3 amide bonds. The normalized spacial score (nSPS) is 20.8. The third-order valence-electron chi connectivity index (χ3n) is 3.46. The van der Waals surface area contributed by atoms with Crippen molar-refractivity contribution in [1.29, 1.82) is 0 Å². The van der Waals surface area contributed by atoms with Gasteiger partial charge in [-0.1, -0.05) is 30.3 Å². The minimum absolute atomic E-state index is 0.315. The first kappa shape index (κ1) is 15.0. The summed E-state index contributed by atoms with van der Waals surface area (Å²) in [5, 5.41) is 5.02. The standard InChI is InChI=1S/C15H18N2O4/c1-11(18)21-10-6-5-9-15(12-7-3-2-4-8-12)13(19)16-14(20)17-15/h2-4,7-8H,5-6,9-10H2,1H3,(H2,16,17,19,20). The van der Waals surface area contributed by atoms with Gasteiger partial charge in [0.25, 0.3) is 5.91 Å². The summed E-state index contributed by atoms with van der Waals surface area (Å²) in [6.07, 6.45) is 1.74. The second kappa shape index (κ2) is 6.39. The summed E-state index contributed by atoms with van der Waals surface area (Å²) in [7, 11) is 0. The van der Waals surface area contributed by atoms with Gasteiger partial charge in [0.1, 0.15) is 5.54 Å². The number of unbranched alkanes of at least 4 members (excludes halogenated alkanes) is 1. The summed E-state index contributed by atoms with van der Waals surface area (Å²) in [5.41, 5.74) is -0.282. The lowest BCUT2D eigenvalue weighted by Gasteiger charge is -2.26. The van der Waals surface area contributed by atoms with Crippen molar-refractivity contribution in [2.75, 3.05) is 6.61 Å². The molecule has 2 N–H and O–H groups in total. The molecule has 1 aromatic carbocycles. The molecular formula is C15H18N2O4. The molecule has 0 radical (unpaired) electrons. The maximum absolute atomic E-state index is 12.2. The van der Waals surface area contributed by atoms with Crippen molar-refractivity contribution in [3.05, 3.63) is 35.9 Å². The van der Waals surface area contributed by atoms with Crippen molar-refractivity contribution in [3.63, 3.8) is 0 Å². The van der Waals surface area contributed by atoms with Gasteiger partial charge >= 0.3 is 12.0 Å². The van der Waals surface area contributed by atoms with Crippen molar-refractivity contribution >= 4 is 17.9 Å². The number of carbonyl (C=O) groups is 3. The Morgan fingerprint density at radius 1 is 1.19 bits per heavy atom. The monoisotopic (exact) mass is 290 g/mol. The Labute approximate surface area is 122 Å². The van der Waals surface area contributed by atoms with Crippen molar-refractivity contribution in [2.24, 2.45) is 0 Å². The molecule has 1 heterocycles. The molecule has 1 saturated heterocycles. The van der Waals surface area contributed by atoms with Crippen LogP contribution >= 0.6 is 0 Å². The number of ether oxygens (including phenoxy) is 1. The molecule has 6 heteroatoms. The average molecular weight is 290 g/mol. The van der Waals surface area contributed by atoms with Gasteiger partial charge in [0, 0.05) is 6.92 Å². The predicted molar refractivity (Wildman–Crippen MR) is 75.3 cm³/mol. The second-order valence-corrected chi connectivity index (χ2v) is 4.98. The van der Waals surface area contributed by atoms with E-state index in [-0.39, 0.29) is 11.9 Å². The minimum Gasteiger partial charge on any atom is -0.466 e. The predicted octanol–water partition coefficient (Wildman–Crippen LogP) is 1.45. The molecule has 1 atom stereocenters. The van der Waals surface area contributed by atoms with Crippen LogP contribution in [0.5, 0.6) is 0 Å². The van der Waals surface area contributed by atoms with Crippen LogP contribution in [-0.2, 0) is 19.9 Å². The quantitative estimate of drug-likeness (QED) is 0.472. The fourth-order valence-corrected chi connectivity index (χ4v) is 2.45. The Morgan fingerprint density at radius 2 is 1.90 bits per heavy atom. The van der Waals surface area contributed by atoms with Crippen LogP contribution in [0.2, 0.25) is 0 Å². The zero-order valence-corrected chi connectivity index (χ0v) is 11.8. The van der Waals surface area contributed by atoms with Gasteiger partial charge in [-0.05, 0) is 24.8 Å². The SMILES string of the molecule is CC(=O)OCCCCC1(c2ccccc2)NC(=O)NC1=O. The maximum atomic E-state index is 12.2. The van der Waals surface area contributed by atoms with E-state index < -0.39 is 11.6 Å². The topological polar surface area (TPSA) is 84.5 Å². The largest absolute Gasteiger partial charge is 0.466 e. The molecule has 0 spiro atoms. The van der Waals surface area contributed by atoms with Gasteiger partial charge < -0.3 is 10.1 Å². The molecule has 2 rings (SSSR count). The number of hydrogen-bond acceptors (Lipinski definition) is 4. The first-order chi connectivity index (χ1) is 10.0.